The lowest BCUT2D eigenvalue weighted by Gasteiger charge is -2.10. The average Bonchev–Trinajstić information content (AvgIpc) is 2.94. The van der Waals surface area contributed by atoms with Crippen molar-refractivity contribution in [2.45, 2.75) is 6.92 Å². The number of aromatic nitrogens is 2. The zero-order chi connectivity index (χ0) is 17.0. The summed E-state index contributed by atoms with van der Waals surface area (Å²) in [4.78, 5) is 5.00. The van der Waals surface area contributed by atoms with Crippen LogP contribution in [0.5, 0.6) is 0 Å². The van der Waals surface area contributed by atoms with Gasteiger partial charge >= 0.3 is 0 Å². The van der Waals surface area contributed by atoms with Gasteiger partial charge in [-0.3, -0.25) is 0 Å². The van der Waals surface area contributed by atoms with Crippen LogP contribution in [0.3, 0.4) is 0 Å². The molecule has 0 aliphatic heterocycles. The largest absolute Gasteiger partial charge is 0.328 e. The van der Waals surface area contributed by atoms with E-state index in [9.17, 15) is 0 Å². The molecule has 0 atom stereocenters. The lowest BCUT2D eigenvalue weighted by molar-refractivity contribution is 0.994. The maximum atomic E-state index is 5.00. The number of hydrogen-bond donors (Lipinski definition) is 0. The Morgan fingerprint density at radius 3 is 2.36 bits per heavy atom. The van der Waals surface area contributed by atoms with E-state index in [4.69, 9.17) is 4.98 Å². The van der Waals surface area contributed by atoms with E-state index in [0.29, 0.717) is 0 Å². The summed E-state index contributed by atoms with van der Waals surface area (Å²) in [5.74, 6) is 0. The van der Waals surface area contributed by atoms with Crippen molar-refractivity contribution in [2.24, 2.45) is 7.05 Å². The molecule has 0 fully saturated rings. The third-order valence-corrected chi connectivity index (χ3v) is 5.12. The van der Waals surface area contributed by atoms with Crippen molar-refractivity contribution in [3.63, 3.8) is 0 Å². The minimum absolute atomic E-state index is 1.04. The van der Waals surface area contributed by atoms with Crippen LogP contribution in [0.4, 0.5) is 0 Å². The average molecular weight is 322 g/mol. The number of benzene rings is 3. The van der Waals surface area contributed by atoms with E-state index in [0.717, 1.165) is 11.2 Å². The summed E-state index contributed by atoms with van der Waals surface area (Å²) in [6, 6.07) is 25.6. The van der Waals surface area contributed by atoms with Gasteiger partial charge in [0.2, 0.25) is 0 Å². The highest BCUT2D eigenvalue weighted by Gasteiger charge is 2.18. The highest BCUT2D eigenvalue weighted by Crippen LogP contribution is 2.40. The van der Waals surface area contributed by atoms with Crippen LogP contribution in [0.15, 0.2) is 72.8 Å². The number of fused-ring (bicyclic) bond motifs is 4. The first-order valence-corrected chi connectivity index (χ1v) is 8.57. The van der Waals surface area contributed by atoms with Crippen LogP contribution >= 0.6 is 0 Å². The second kappa shape index (κ2) is 5.18. The topological polar surface area (TPSA) is 17.8 Å². The Bertz CT molecular complexity index is 1250. The molecule has 2 aromatic heterocycles. The lowest BCUT2D eigenvalue weighted by Crippen LogP contribution is -1.92. The minimum atomic E-state index is 1.04. The Morgan fingerprint density at radius 1 is 0.760 bits per heavy atom. The molecule has 120 valence electrons. The molecule has 0 spiro atoms. The number of rotatable bonds is 1. The molecule has 3 aromatic carbocycles. The second-order valence-electron chi connectivity index (χ2n) is 6.60. The minimum Gasteiger partial charge on any atom is -0.328 e. The van der Waals surface area contributed by atoms with Crippen molar-refractivity contribution in [3.05, 3.63) is 78.4 Å². The molecule has 0 amide bonds. The molecular formula is C23H18N2. The van der Waals surface area contributed by atoms with E-state index in [1.807, 2.05) is 0 Å². The molecule has 0 bridgehead atoms. The third kappa shape index (κ3) is 1.94. The Labute approximate surface area is 146 Å². The third-order valence-electron chi connectivity index (χ3n) is 5.12. The molecule has 0 radical (unpaired) electrons. The van der Waals surface area contributed by atoms with Crippen LogP contribution in [-0.4, -0.2) is 9.55 Å². The molecule has 0 aliphatic rings. The van der Waals surface area contributed by atoms with E-state index < -0.39 is 0 Å². The fourth-order valence-corrected chi connectivity index (χ4v) is 3.95. The van der Waals surface area contributed by atoms with Gasteiger partial charge in [0.25, 0.3) is 0 Å². The Balaban J connectivity index is 2.14. The van der Waals surface area contributed by atoms with E-state index in [1.54, 1.807) is 0 Å². The quantitative estimate of drug-likeness (QED) is 0.378. The molecule has 0 unspecified atom stereocenters. The molecule has 5 aromatic rings. The van der Waals surface area contributed by atoms with Crippen molar-refractivity contribution in [1.82, 2.24) is 9.55 Å². The maximum absolute atomic E-state index is 5.00. The van der Waals surface area contributed by atoms with Crippen LogP contribution in [0, 0.1) is 6.92 Å². The zero-order valence-electron chi connectivity index (χ0n) is 14.3. The summed E-state index contributed by atoms with van der Waals surface area (Å²) in [7, 11) is 2.11. The van der Waals surface area contributed by atoms with Crippen molar-refractivity contribution in [2.75, 3.05) is 0 Å². The summed E-state index contributed by atoms with van der Waals surface area (Å²) in [5, 5.41) is 3.76. The molecule has 5 rings (SSSR count). The molecule has 2 heterocycles. The summed E-state index contributed by atoms with van der Waals surface area (Å²) >= 11 is 0. The number of nitrogens with zero attached hydrogens (tertiary/aromatic N) is 2. The highest BCUT2D eigenvalue weighted by molar-refractivity contribution is 6.20. The van der Waals surface area contributed by atoms with Crippen LogP contribution in [0.25, 0.3) is 44.0 Å². The van der Waals surface area contributed by atoms with Crippen molar-refractivity contribution in [3.8, 4) is 11.1 Å². The summed E-state index contributed by atoms with van der Waals surface area (Å²) in [6.45, 7) is 2.19. The molecule has 0 aliphatic carbocycles. The van der Waals surface area contributed by atoms with Crippen LogP contribution in [0.2, 0.25) is 0 Å². The molecule has 0 N–H and O–H groups in total. The molecule has 0 saturated carbocycles. The zero-order valence-corrected chi connectivity index (χ0v) is 14.3. The van der Waals surface area contributed by atoms with Gasteiger partial charge in [-0.25, -0.2) is 4.98 Å². The fraction of sp³-hybridized carbons (Fsp3) is 0.0870. The van der Waals surface area contributed by atoms with Gasteiger partial charge in [-0.2, -0.15) is 0 Å². The van der Waals surface area contributed by atoms with Gasteiger partial charge < -0.3 is 4.57 Å². The van der Waals surface area contributed by atoms with Crippen LogP contribution < -0.4 is 0 Å². The van der Waals surface area contributed by atoms with Gasteiger partial charge in [-0.05, 0) is 30.2 Å². The van der Waals surface area contributed by atoms with Gasteiger partial charge in [-0.15, -0.1) is 0 Å². The Hall–Kier alpha value is -3.13. The maximum Gasteiger partial charge on any atom is 0.142 e. The summed E-state index contributed by atoms with van der Waals surface area (Å²) in [5.41, 5.74) is 7.12. The van der Waals surface area contributed by atoms with Crippen molar-refractivity contribution >= 4 is 32.8 Å². The van der Waals surface area contributed by atoms with Gasteiger partial charge in [0.1, 0.15) is 5.65 Å². The Kier molecular flexibility index (Phi) is 2.95. The lowest BCUT2D eigenvalue weighted by atomic mass is 9.95. The summed E-state index contributed by atoms with van der Waals surface area (Å²) in [6.07, 6.45) is 0. The first kappa shape index (κ1) is 14.2. The predicted molar refractivity (Wildman–Crippen MR) is 106 cm³/mol. The molecule has 0 saturated heterocycles. The first-order valence-electron chi connectivity index (χ1n) is 8.57. The SMILES string of the molecule is Cc1cccc2c1c1c(-c3ccccc3)c3ccccc3nc1n2C. The highest BCUT2D eigenvalue weighted by atomic mass is 15.0. The smallest absolute Gasteiger partial charge is 0.142 e. The monoisotopic (exact) mass is 322 g/mol. The number of hydrogen-bond acceptors (Lipinski definition) is 1. The van der Waals surface area contributed by atoms with E-state index >= 15 is 0 Å². The van der Waals surface area contributed by atoms with Gasteiger partial charge in [0.05, 0.1) is 11.0 Å². The Morgan fingerprint density at radius 2 is 1.52 bits per heavy atom. The number of pyridine rings is 1. The molecule has 2 nitrogen and oxygen atoms in total. The van der Waals surface area contributed by atoms with E-state index in [1.165, 1.54) is 38.4 Å². The summed E-state index contributed by atoms with van der Waals surface area (Å²) < 4.78 is 2.22. The van der Waals surface area contributed by atoms with Crippen LogP contribution in [-0.2, 0) is 7.05 Å². The van der Waals surface area contributed by atoms with Gasteiger partial charge in [0.15, 0.2) is 0 Å². The molecule has 2 heteroatoms. The first-order chi connectivity index (χ1) is 12.3. The van der Waals surface area contributed by atoms with Crippen molar-refractivity contribution in [1.29, 1.82) is 0 Å². The molecule has 25 heavy (non-hydrogen) atoms. The normalized spacial score (nSPS) is 11.6. The van der Waals surface area contributed by atoms with E-state index in [2.05, 4.69) is 91.3 Å². The fourth-order valence-electron chi connectivity index (χ4n) is 3.95. The van der Waals surface area contributed by atoms with Crippen LogP contribution in [0.1, 0.15) is 5.56 Å². The van der Waals surface area contributed by atoms with Crippen molar-refractivity contribution < 1.29 is 0 Å². The van der Waals surface area contributed by atoms with E-state index in [-0.39, 0.29) is 0 Å². The standard InChI is InChI=1S/C23H18N2/c1-15-9-8-14-19-20(15)22-21(16-10-4-3-5-11-16)17-12-6-7-13-18(17)24-23(22)25(19)2/h3-14H,1-2H3. The molecular weight excluding hydrogens is 304 g/mol. The number of para-hydroxylation sites is 1. The van der Waals surface area contributed by atoms with Gasteiger partial charge in [-0.1, -0.05) is 60.7 Å². The van der Waals surface area contributed by atoms with Gasteiger partial charge in [0, 0.05) is 28.8 Å². The predicted octanol–water partition coefficient (Wildman–Crippen LogP) is 5.86. The number of aryl methyl sites for hydroxylation is 2. The second-order valence-corrected chi connectivity index (χ2v) is 6.60.